The van der Waals surface area contributed by atoms with Gasteiger partial charge in [0.15, 0.2) is 0 Å². The molecular weight excluding hydrogens is 317 g/mol. The van der Waals surface area contributed by atoms with Crippen LogP contribution >= 0.6 is 0 Å². The first-order valence-electron chi connectivity index (χ1n) is 7.58. The Bertz CT molecular complexity index is 751. The van der Waals surface area contributed by atoms with Crippen LogP contribution in [0.5, 0.6) is 5.75 Å². The van der Waals surface area contributed by atoms with Crippen LogP contribution < -0.4 is 9.46 Å². The fourth-order valence-corrected chi connectivity index (χ4v) is 3.69. The maximum absolute atomic E-state index is 12.9. The summed E-state index contributed by atoms with van der Waals surface area (Å²) in [5, 5.41) is 0. The van der Waals surface area contributed by atoms with E-state index >= 15 is 0 Å². The number of ether oxygens (including phenoxy) is 1. The first-order chi connectivity index (χ1) is 11.0. The molecule has 0 saturated heterocycles. The highest BCUT2D eigenvalue weighted by atomic mass is 32.2. The number of hydrogen-bond donors (Lipinski definition) is 1. The number of rotatable bonds is 5. The van der Waals surface area contributed by atoms with E-state index in [2.05, 4.69) is 4.72 Å². The number of nitrogens with one attached hydrogen (secondary N) is 1. The fourth-order valence-electron chi connectivity index (χ4n) is 2.63. The van der Waals surface area contributed by atoms with Crippen molar-refractivity contribution in [3.05, 3.63) is 54.3 Å². The summed E-state index contributed by atoms with van der Waals surface area (Å²) in [7, 11) is -3.72. The van der Waals surface area contributed by atoms with Gasteiger partial charge in [-0.1, -0.05) is 0 Å². The largest absolute Gasteiger partial charge is 0.490 e. The molecule has 0 amide bonds. The molecule has 0 aromatic heterocycles. The lowest BCUT2D eigenvalue weighted by molar-refractivity contribution is 0.210. The standard InChI is InChI=1S/C17H18FNO3S/c18-13-5-11-17(12-6-13)23(20,21)19-14-7-9-16(10-8-14)22-15-3-1-2-4-15/h5-12,15,19H,1-4H2. The minimum absolute atomic E-state index is 0.0187. The van der Waals surface area contributed by atoms with Crippen LogP contribution in [0.4, 0.5) is 10.1 Å². The molecule has 0 spiro atoms. The van der Waals surface area contributed by atoms with Crippen LogP contribution in [-0.4, -0.2) is 14.5 Å². The second kappa shape index (κ2) is 6.58. The summed E-state index contributed by atoms with van der Waals surface area (Å²) < 4.78 is 45.6. The Balaban J connectivity index is 1.68. The van der Waals surface area contributed by atoms with Gasteiger partial charge in [0.1, 0.15) is 11.6 Å². The smallest absolute Gasteiger partial charge is 0.261 e. The molecule has 2 aromatic rings. The molecular formula is C17H18FNO3S. The highest BCUT2D eigenvalue weighted by Gasteiger charge is 2.17. The number of hydrogen-bond acceptors (Lipinski definition) is 3. The molecule has 23 heavy (non-hydrogen) atoms. The molecule has 4 nitrogen and oxygen atoms in total. The zero-order valence-electron chi connectivity index (χ0n) is 12.5. The molecule has 122 valence electrons. The van der Waals surface area contributed by atoms with E-state index in [0.29, 0.717) is 5.69 Å². The molecule has 2 aromatic carbocycles. The van der Waals surface area contributed by atoms with E-state index in [-0.39, 0.29) is 11.0 Å². The van der Waals surface area contributed by atoms with Crippen LogP contribution in [0.2, 0.25) is 0 Å². The van der Waals surface area contributed by atoms with E-state index < -0.39 is 15.8 Å². The molecule has 0 atom stereocenters. The van der Waals surface area contributed by atoms with E-state index in [4.69, 9.17) is 4.74 Å². The molecule has 0 aliphatic heterocycles. The molecule has 3 rings (SSSR count). The molecule has 0 bridgehead atoms. The summed E-state index contributed by atoms with van der Waals surface area (Å²) in [5.74, 6) is 0.263. The van der Waals surface area contributed by atoms with Crippen molar-refractivity contribution in [1.82, 2.24) is 0 Å². The number of sulfonamides is 1. The Morgan fingerprint density at radius 1 is 0.957 bits per heavy atom. The van der Waals surface area contributed by atoms with Gasteiger partial charge in [0.2, 0.25) is 0 Å². The third kappa shape index (κ3) is 4.01. The van der Waals surface area contributed by atoms with Gasteiger partial charge in [0, 0.05) is 5.69 Å². The van der Waals surface area contributed by atoms with Crippen molar-refractivity contribution in [3.63, 3.8) is 0 Å². The van der Waals surface area contributed by atoms with Crippen LogP contribution in [-0.2, 0) is 10.0 Å². The minimum Gasteiger partial charge on any atom is -0.490 e. The molecule has 0 radical (unpaired) electrons. The molecule has 6 heteroatoms. The van der Waals surface area contributed by atoms with Gasteiger partial charge in [-0.3, -0.25) is 4.72 Å². The second-order valence-corrected chi connectivity index (χ2v) is 7.29. The Hall–Kier alpha value is -2.08. The Morgan fingerprint density at radius 3 is 2.17 bits per heavy atom. The quantitative estimate of drug-likeness (QED) is 0.900. The van der Waals surface area contributed by atoms with Gasteiger partial charge in [-0.25, -0.2) is 12.8 Å². The van der Waals surface area contributed by atoms with Gasteiger partial charge in [-0.05, 0) is 74.2 Å². The van der Waals surface area contributed by atoms with Gasteiger partial charge in [-0.15, -0.1) is 0 Å². The van der Waals surface area contributed by atoms with Crippen molar-refractivity contribution >= 4 is 15.7 Å². The van der Waals surface area contributed by atoms with Gasteiger partial charge >= 0.3 is 0 Å². The van der Waals surface area contributed by atoms with Crippen LogP contribution in [0.1, 0.15) is 25.7 Å². The van der Waals surface area contributed by atoms with E-state index in [1.165, 1.54) is 25.0 Å². The zero-order chi connectivity index (χ0) is 16.3. The van der Waals surface area contributed by atoms with Crippen molar-refractivity contribution in [2.75, 3.05) is 4.72 Å². The summed E-state index contributed by atoms with van der Waals surface area (Å²) in [6.07, 6.45) is 4.79. The summed E-state index contributed by atoms with van der Waals surface area (Å²) >= 11 is 0. The second-order valence-electron chi connectivity index (χ2n) is 5.61. The molecule has 0 heterocycles. The van der Waals surface area contributed by atoms with E-state index in [1.54, 1.807) is 24.3 Å². The van der Waals surface area contributed by atoms with Crippen molar-refractivity contribution in [1.29, 1.82) is 0 Å². The SMILES string of the molecule is O=S(=O)(Nc1ccc(OC2CCCC2)cc1)c1ccc(F)cc1. The number of halogens is 1. The van der Waals surface area contributed by atoms with Crippen LogP contribution in [0, 0.1) is 5.82 Å². The maximum atomic E-state index is 12.9. The molecule has 1 aliphatic rings. The third-order valence-corrected chi connectivity index (χ3v) is 5.23. The molecule has 1 N–H and O–H groups in total. The minimum atomic E-state index is -3.72. The fraction of sp³-hybridized carbons (Fsp3) is 0.294. The first kappa shape index (κ1) is 15.8. The van der Waals surface area contributed by atoms with E-state index in [9.17, 15) is 12.8 Å². The lowest BCUT2D eigenvalue weighted by Crippen LogP contribution is -2.13. The summed E-state index contributed by atoms with van der Waals surface area (Å²) in [5.41, 5.74) is 0.438. The summed E-state index contributed by atoms with van der Waals surface area (Å²) in [6, 6.07) is 11.5. The van der Waals surface area contributed by atoms with Crippen LogP contribution in [0.25, 0.3) is 0 Å². The number of benzene rings is 2. The lowest BCUT2D eigenvalue weighted by Gasteiger charge is -2.14. The monoisotopic (exact) mass is 335 g/mol. The van der Waals surface area contributed by atoms with Crippen LogP contribution in [0.15, 0.2) is 53.4 Å². The van der Waals surface area contributed by atoms with Gasteiger partial charge in [-0.2, -0.15) is 0 Å². The van der Waals surface area contributed by atoms with Crippen molar-refractivity contribution in [2.45, 2.75) is 36.7 Å². The molecule has 1 fully saturated rings. The zero-order valence-corrected chi connectivity index (χ0v) is 13.4. The van der Waals surface area contributed by atoms with Crippen LogP contribution in [0.3, 0.4) is 0 Å². The van der Waals surface area contributed by atoms with Gasteiger partial charge < -0.3 is 4.74 Å². The Labute approximate surface area is 135 Å². The predicted octanol–water partition coefficient (Wildman–Crippen LogP) is 3.95. The number of anilines is 1. The van der Waals surface area contributed by atoms with Crippen molar-refractivity contribution < 1.29 is 17.5 Å². The first-order valence-corrected chi connectivity index (χ1v) is 9.06. The molecule has 1 aliphatic carbocycles. The highest BCUT2D eigenvalue weighted by Crippen LogP contribution is 2.25. The average molecular weight is 335 g/mol. The van der Waals surface area contributed by atoms with Crippen molar-refractivity contribution in [2.24, 2.45) is 0 Å². The predicted molar refractivity (Wildman–Crippen MR) is 86.5 cm³/mol. The Morgan fingerprint density at radius 2 is 1.57 bits per heavy atom. The summed E-state index contributed by atoms with van der Waals surface area (Å²) in [6.45, 7) is 0. The summed E-state index contributed by atoms with van der Waals surface area (Å²) in [4.78, 5) is 0.0187. The van der Waals surface area contributed by atoms with E-state index in [1.807, 2.05) is 0 Å². The molecule has 1 saturated carbocycles. The van der Waals surface area contributed by atoms with Gasteiger partial charge in [0.25, 0.3) is 10.0 Å². The third-order valence-electron chi connectivity index (χ3n) is 3.84. The normalized spacial score (nSPS) is 15.5. The highest BCUT2D eigenvalue weighted by molar-refractivity contribution is 7.92. The van der Waals surface area contributed by atoms with Gasteiger partial charge in [0.05, 0.1) is 11.0 Å². The topological polar surface area (TPSA) is 55.4 Å². The Kier molecular flexibility index (Phi) is 4.52. The average Bonchev–Trinajstić information content (AvgIpc) is 3.02. The lowest BCUT2D eigenvalue weighted by atomic mass is 10.3. The van der Waals surface area contributed by atoms with E-state index in [0.717, 1.165) is 30.7 Å². The molecule has 0 unspecified atom stereocenters. The maximum Gasteiger partial charge on any atom is 0.261 e. The van der Waals surface area contributed by atoms with Crippen molar-refractivity contribution in [3.8, 4) is 5.75 Å².